The highest BCUT2D eigenvalue weighted by Crippen LogP contribution is 2.52. The van der Waals surface area contributed by atoms with E-state index < -0.39 is 0 Å². The van der Waals surface area contributed by atoms with Crippen LogP contribution in [0.15, 0.2) is 12.1 Å². The second-order valence-corrected chi connectivity index (χ2v) is 5.98. The summed E-state index contributed by atoms with van der Waals surface area (Å²) in [6.07, 6.45) is 2.49. The lowest BCUT2D eigenvalue weighted by Crippen LogP contribution is -2.20. The summed E-state index contributed by atoms with van der Waals surface area (Å²) in [5, 5.41) is 1.45. The van der Waals surface area contributed by atoms with Crippen molar-refractivity contribution in [2.24, 2.45) is 12.8 Å². The first-order valence-electron chi connectivity index (χ1n) is 6.77. The second kappa shape index (κ2) is 3.61. The average Bonchev–Trinajstić information content (AvgIpc) is 3.07. The SMILES string of the molecule is Cc1cc(C)c2c(C3(CN)CC3)c(C)n(C)c2c1. The third-order valence-electron chi connectivity index (χ3n) is 4.71. The molecule has 0 atom stereocenters. The summed E-state index contributed by atoms with van der Waals surface area (Å²) in [6, 6.07) is 4.59. The Morgan fingerprint density at radius 2 is 1.89 bits per heavy atom. The predicted molar refractivity (Wildman–Crippen MR) is 77.1 cm³/mol. The number of rotatable bonds is 2. The van der Waals surface area contributed by atoms with Gasteiger partial charge in [0.25, 0.3) is 0 Å². The monoisotopic (exact) mass is 242 g/mol. The highest BCUT2D eigenvalue weighted by molar-refractivity contribution is 5.90. The van der Waals surface area contributed by atoms with Crippen LogP contribution in [0.25, 0.3) is 10.9 Å². The molecule has 18 heavy (non-hydrogen) atoms. The Bertz CT molecular complexity index is 630. The first-order chi connectivity index (χ1) is 8.50. The minimum Gasteiger partial charge on any atom is -0.348 e. The normalized spacial score (nSPS) is 17.4. The molecule has 2 N–H and O–H groups in total. The minimum absolute atomic E-state index is 0.267. The van der Waals surface area contributed by atoms with Crippen molar-refractivity contribution >= 4 is 10.9 Å². The number of fused-ring (bicyclic) bond motifs is 1. The number of nitrogens with two attached hydrogens (primary N) is 1. The molecule has 0 aliphatic heterocycles. The number of hydrogen-bond donors (Lipinski definition) is 1. The Hall–Kier alpha value is -1.28. The van der Waals surface area contributed by atoms with E-state index in [1.54, 1.807) is 0 Å². The van der Waals surface area contributed by atoms with Gasteiger partial charge in [0.2, 0.25) is 0 Å². The van der Waals surface area contributed by atoms with Crippen molar-refractivity contribution in [3.63, 3.8) is 0 Å². The molecule has 0 radical (unpaired) electrons. The summed E-state index contributed by atoms with van der Waals surface area (Å²) >= 11 is 0. The van der Waals surface area contributed by atoms with Crippen molar-refractivity contribution in [1.29, 1.82) is 0 Å². The summed E-state index contributed by atoms with van der Waals surface area (Å²) in [5.74, 6) is 0. The van der Waals surface area contributed by atoms with Crippen LogP contribution in [0.1, 0.15) is 35.2 Å². The lowest BCUT2D eigenvalue weighted by atomic mass is 9.91. The van der Waals surface area contributed by atoms with Crippen LogP contribution in [0.2, 0.25) is 0 Å². The van der Waals surface area contributed by atoms with Crippen LogP contribution >= 0.6 is 0 Å². The maximum Gasteiger partial charge on any atom is 0.0488 e. The summed E-state index contributed by atoms with van der Waals surface area (Å²) in [4.78, 5) is 0. The van der Waals surface area contributed by atoms with Gasteiger partial charge in [-0.25, -0.2) is 0 Å². The number of benzene rings is 1. The van der Waals surface area contributed by atoms with E-state index in [4.69, 9.17) is 5.73 Å². The van der Waals surface area contributed by atoms with Gasteiger partial charge in [-0.15, -0.1) is 0 Å². The molecule has 0 unspecified atom stereocenters. The zero-order chi connectivity index (χ0) is 13.1. The second-order valence-electron chi connectivity index (χ2n) is 5.98. The van der Waals surface area contributed by atoms with Crippen LogP contribution in [0.4, 0.5) is 0 Å². The van der Waals surface area contributed by atoms with Crippen molar-refractivity contribution in [2.75, 3.05) is 6.54 Å². The summed E-state index contributed by atoms with van der Waals surface area (Å²) in [5.41, 5.74) is 13.3. The largest absolute Gasteiger partial charge is 0.348 e. The molecule has 96 valence electrons. The number of aryl methyl sites for hydroxylation is 3. The quantitative estimate of drug-likeness (QED) is 0.862. The molecule has 1 aromatic heterocycles. The van der Waals surface area contributed by atoms with Gasteiger partial charge in [-0.2, -0.15) is 0 Å². The molecule has 2 aromatic rings. The van der Waals surface area contributed by atoms with E-state index in [2.05, 4.69) is 44.5 Å². The zero-order valence-corrected chi connectivity index (χ0v) is 11.8. The highest BCUT2D eigenvalue weighted by Gasteiger charge is 2.46. The molecule has 0 amide bonds. The highest BCUT2D eigenvalue weighted by atomic mass is 15.0. The summed E-state index contributed by atoms with van der Waals surface area (Å²) in [7, 11) is 2.17. The van der Waals surface area contributed by atoms with Crippen LogP contribution in [0, 0.1) is 20.8 Å². The Balaban J connectivity index is 2.42. The third kappa shape index (κ3) is 1.39. The van der Waals surface area contributed by atoms with E-state index in [0.29, 0.717) is 0 Å². The molecule has 1 aliphatic rings. The third-order valence-corrected chi connectivity index (χ3v) is 4.71. The van der Waals surface area contributed by atoms with E-state index in [9.17, 15) is 0 Å². The molecule has 3 rings (SSSR count). The lowest BCUT2D eigenvalue weighted by Gasteiger charge is -2.14. The van der Waals surface area contributed by atoms with Gasteiger partial charge >= 0.3 is 0 Å². The van der Waals surface area contributed by atoms with Gasteiger partial charge in [0.1, 0.15) is 0 Å². The molecule has 1 aliphatic carbocycles. The maximum atomic E-state index is 6.04. The first kappa shape index (κ1) is 11.8. The van der Waals surface area contributed by atoms with Gasteiger partial charge in [-0.1, -0.05) is 6.07 Å². The minimum atomic E-state index is 0.267. The fourth-order valence-electron chi connectivity index (χ4n) is 3.42. The molecule has 0 spiro atoms. The van der Waals surface area contributed by atoms with Crippen LogP contribution in [-0.4, -0.2) is 11.1 Å². The molecular weight excluding hydrogens is 220 g/mol. The van der Waals surface area contributed by atoms with Gasteiger partial charge in [-0.3, -0.25) is 0 Å². The fourth-order valence-corrected chi connectivity index (χ4v) is 3.42. The van der Waals surface area contributed by atoms with E-state index >= 15 is 0 Å². The number of hydrogen-bond acceptors (Lipinski definition) is 1. The molecule has 0 saturated heterocycles. The predicted octanol–water partition coefficient (Wildman–Crippen LogP) is 3.09. The Morgan fingerprint density at radius 3 is 2.44 bits per heavy atom. The van der Waals surface area contributed by atoms with Crippen LogP contribution in [-0.2, 0) is 12.5 Å². The molecule has 2 heteroatoms. The van der Waals surface area contributed by atoms with Gasteiger partial charge < -0.3 is 10.3 Å². The molecule has 1 heterocycles. The van der Waals surface area contributed by atoms with E-state index in [-0.39, 0.29) is 5.41 Å². The number of aromatic nitrogens is 1. The Kier molecular flexibility index (Phi) is 2.36. The van der Waals surface area contributed by atoms with Crippen molar-refractivity contribution in [3.05, 3.63) is 34.5 Å². The Labute approximate surface area is 109 Å². The van der Waals surface area contributed by atoms with Gasteiger partial charge in [0, 0.05) is 35.6 Å². The van der Waals surface area contributed by atoms with Crippen molar-refractivity contribution < 1.29 is 0 Å². The summed E-state index contributed by atoms with van der Waals surface area (Å²) < 4.78 is 2.33. The lowest BCUT2D eigenvalue weighted by molar-refractivity contribution is 0.697. The van der Waals surface area contributed by atoms with E-state index in [1.807, 2.05) is 0 Å². The molecule has 1 fully saturated rings. The average molecular weight is 242 g/mol. The fraction of sp³-hybridized carbons (Fsp3) is 0.500. The van der Waals surface area contributed by atoms with E-state index in [1.165, 1.54) is 46.1 Å². The summed E-state index contributed by atoms with van der Waals surface area (Å²) in [6.45, 7) is 7.41. The van der Waals surface area contributed by atoms with Gasteiger partial charge in [-0.05, 0) is 56.4 Å². The maximum absolute atomic E-state index is 6.04. The van der Waals surface area contributed by atoms with E-state index in [0.717, 1.165) is 6.54 Å². The number of nitrogens with zero attached hydrogens (tertiary/aromatic N) is 1. The van der Waals surface area contributed by atoms with Crippen LogP contribution in [0.3, 0.4) is 0 Å². The van der Waals surface area contributed by atoms with Crippen LogP contribution in [0.5, 0.6) is 0 Å². The Morgan fingerprint density at radius 1 is 1.22 bits per heavy atom. The molecule has 0 bridgehead atoms. The first-order valence-corrected chi connectivity index (χ1v) is 6.77. The molecule has 1 aromatic carbocycles. The standard InChI is InChI=1S/C16H22N2/c1-10-7-11(2)14-13(8-10)18(4)12(3)15(14)16(9-17)5-6-16/h7-8H,5-6,9,17H2,1-4H3. The zero-order valence-electron chi connectivity index (χ0n) is 11.8. The molecule has 2 nitrogen and oxygen atoms in total. The molecule has 1 saturated carbocycles. The van der Waals surface area contributed by atoms with Gasteiger partial charge in [0.15, 0.2) is 0 Å². The van der Waals surface area contributed by atoms with Crippen LogP contribution < -0.4 is 5.73 Å². The van der Waals surface area contributed by atoms with Gasteiger partial charge in [0.05, 0.1) is 0 Å². The van der Waals surface area contributed by atoms with Crippen molar-refractivity contribution in [2.45, 2.75) is 39.0 Å². The topological polar surface area (TPSA) is 30.9 Å². The molecular formula is C16H22N2. The van der Waals surface area contributed by atoms with Crippen molar-refractivity contribution in [3.8, 4) is 0 Å². The van der Waals surface area contributed by atoms with Crippen molar-refractivity contribution in [1.82, 2.24) is 4.57 Å². The smallest absolute Gasteiger partial charge is 0.0488 e.